The molecule has 4 heterocycles. The minimum Gasteiger partial charge on any atom is -0.392 e. The van der Waals surface area contributed by atoms with Gasteiger partial charge in [-0.2, -0.15) is 20.2 Å². The maximum absolute atomic E-state index is 13.5. The summed E-state index contributed by atoms with van der Waals surface area (Å²) >= 11 is 0. The highest BCUT2D eigenvalue weighted by molar-refractivity contribution is 5.94. The van der Waals surface area contributed by atoms with Crippen molar-refractivity contribution in [3.8, 4) is 0 Å². The smallest absolute Gasteiger partial charge is 0.298 e. The molecule has 0 aliphatic carbocycles. The van der Waals surface area contributed by atoms with Crippen molar-refractivity contribution < 1.29 is 14.7 Å². The number of benzene rings is 2. The van der Waals surface area contributed by atoms with Gasteiger partial charge in [0.2, 0.25) is 11.2 Å². The second-order valence-corrected chi connectivity index (χ2v) is 12.0. The molecule has 0 bridgehead atoms. The Morgan fingerprint density at radius 3 is 1.77 bits per heavy atom. The van der Waals surface area contributed by atoms with Gasteiger partial charge in [-0.25, -0.2) is 0 Å². The van der Waals surface area contributed by atoms with E-state index in [0.717, 1.165) is 51.9 Å². The molecular weight excluding hydrogens is 608 g/mol. The van der Waals surface area contributed by atoms with Gasteiger partial charge in [-0.15, -0.1) is 0 Å². The Kier molecular flexibility index (Phi) is 9.13. The maximum atomic E-state index is 13.5. The lowest BCUT2D eigenvalue weighted by Gasteiger charge is -2.09. The summed E-state index contributed by atoms with van der Waals surface area (Å²) in [6, 6.07) is 17.3. The Balaban J connectivity index is 1.35. The summed E-state index contributed by atoms with van der Waals surface area (Å²) in [5.74, 6) is -0.708. The van der Waals surface area contributed by atoms with Crippen LogP contribution in [0.1, 0.15) is 64.6 Å². The summed E-state index contributed by atoms with van der Waals surface area (Å²) in [6.07, 6.45) is 1.49. The summed E-state index contributed by atoms with van der Waals surface area (Å²) in [6.45, 7) is 9.77. The Morgan fingerprint density at radius 1 is 0.708 bits per heavy atom. The Hall–Kier alpha value is -5.30. The summed E-state index contributed by atoms with van der Waals surface area (Å²) in [7, 11) is 3.81. The number of imidazole rings is 2. The van der Waals surface area contributed by atoms with Gasteiger partial charge in [-0.05, 0) is 70.9 Å². The predicted octanol–water partition coefficient (Wildman–Crippen LogP) is 3.78. The molecular formula is C35H42N10O3. The van der Waals surface area contributed by atoms with Gasteiger partial charge in [-0.3, -0.25) is 19.0 Å². The summed E-state index contributed by atoms with van der Waals surface area (Å²) in [5, 5.41) is 19.1. The van der Waals surface area contributed by atoms with Gasteiger partial charge in [0, 0.05) is 45.8 Å². The second kappa shape index (κ2) is 13.4. The van der Waals surface area contributed by atoms with Crippen LogP contribution in [0.15, 0.2) is 64.6 Å². The predicted molar refractivity (Wildman–Crippen MR) is 182 cm³/mol. The SMILES string of the molecule is CCn1nc(C)cc1C(=O)/N=c1\n(C)c2ccccc2n1CCCCn1/c(=N/C(=O)c2cc(C)nn2CC)n(C)c2cccc(CO)c21. The first-order chi connectivity index (χ1) is 23.2. The van der Waals surface area contributed by atoms with Gasteiger partial charge in [0.15, 0.2) is 0 Å². The number of hydrogen-bond acceptors (Lipinski definition) is 5. The Labute approximate surface area is 277 Å². The van der Waals surface area contributed by atoms with E-state index in [4.69, 9.17) is 0 Å². The summed E-state index contributed by atoms with van der Waals surface area (Å²) in [5.41, 5.74) is 7.92. The largest absolute Gasteiger partial charge is 0.392 e. The van der Waals surface area contributed by atoms with Gasteiger partial charge >= 0.3 is 0 Å². The van der Waals surface area contributed by atoms with Gasteiger partial charge in [0.25, 0.3) is 11.8 Å². The van der Waals surface area contributed by atoms with Crippen LogP contribution in [0, 0.1) is 13.8 Å². The molecule has 6 aromatic rings. The average Bonchev–Trinajstić information content (AvgIpc) is 3.81. The monoisotopic (exact) mass is 650 g/mol. The first kappa shape index (κ1) is 32.6. The summed E-state index contributed by atoms with van der Waals surface area (Å²) < 4.78 is 11.3. The van der Waals surface area contributed by atoms with Crippen LogP contribution in [0.4, 0.5) is 0 Å². The number of nitrogens with zero attached hydrogens (tertiary/aromatic N) is 10. The number of aliphatic hydroxyl groups is 1. The van der Waals surface area contributed by atoms with E-state index in [1.54, 1.807) is 21.5 Å². The molecule has 2 aromatic carbocycles. The molecule has 0 radical (unpaired) electrons. The van der Waals surface area contributed by atoms with Gasteiger partial charge < -0.3 is 23.4 Å². The minimum atomic E-state index is -0.371. The molecule has 0 atom stereocenters. The molecule has 1 N–H and O–H groups in total. The number of carbonyl (C=O) groups is 2. The van der Waals surface area contributed by atoms with E-state index >= 15 is 0 Å². The zero-order chi connectivity index (χ0) is 34.1. The van der Waals surface area contributed by atoms with E-state index < -0.39 is 0 Å². The fourth-order valence-electron chi connectivity index (χ4n) is 6.51. The topological polar surface area (TPSA) is 134 Å². The molecule has 0 saturated heterocycles. The highest BCUT2D eigenvalue weighted by Gasteiger charge is 2.18. The molecule has 0 aliphatic heterocycles. The summed E-state index contributed by atoms with van der Waals surface area (Å²) in [4.78, 5) is 36.2. The Morgan fingerprint density at radius 2 is 1.21 bits per heavy atom. The van der Waals surface area contributed by atoms with Crippen molar-refractivity contribution in [2.45, 2.75) is 73.3 Å². The minimum absolute atomic E-state index is 0.141. The number of aromatic nitrogens is 8. The number of aliphatic hydroxyl groups excluding tert-OH is 1. The highest BCUT2D eigenvalue weighted by Crippen LogP contribution is 2.20. The van der Waals surface area contributed by atoms with Crippen molar-refractivity contribution in [2.75, 3.05) is 0 Å². The molecule has 48 heavy (non-hydrogen) atoms. The van der Waals surface area contributed by atoms with Crippen LogP contribution in [0.2, 0.25) is 0 Å². The van der Waals surface area contributed by atoms with Crippen molar-refractivity contribution in [2.24, 2.45) is 24.1 Å². The number of rotatable bonds is 10. The standard InChI is InChI=1S/C35H42N10O3/c1-7-44-29(20-23(3)38-44)32(47)36-34-40(5)26-15-9-10-16-27(26)42(34)18-11-12-19-43-31-25(22-46)14-13-17-28(31)41(6)35(43)37-33(48)30-21-24(4)39-45(30)8-2/h9-10,13-17,20-21,46H,7-8,11-12,18-19,22H2,1-6H3/b36-34+,37-35+. The lowest BCUT2D eigenvalue weighted by Crippen LogP contribution is -2.28. The first-order valence-corrected chi connectivity index (χ1v) is 16.4. The van der Waals surface area contributed by atoms with Crippen LogP contribution in [-0.4, -0.2) is 54.8 Å². The van der Waals surface area contributed by atoms with Crippen molar-refractivity contribution in [1.29, 1.82) is 0 Å². The van der Waals surface area contributed by atoms with Crippen LogP contribution in [0.3, 0.4) is 0 Å². The van der Waals surface area contributed by atoms with Gasteiger partial charge in [0.05, 0.1) is 40.1 Å². The third kappa shape index (κ3) is 5.85. The third-order valence-corrected chi connectivity index (χ3v) is 8.77. The van der Waals surface area contributed by atoms with E-state index in [9.17, 15) is 14.7 Å². The molecule has 250 valence electrons. The number of para-hydroxylation sites is 3. The molecule has 0 fully saturated rings. The Bertz CT molecular complexity index is 2300. The quantitative estimate of drug-likeness (QED) is 0.225. The van der Waals surface area contributed by atoms with Crippen LogP contribution in [0.25, 0.3) is 22.1 Å². The first-order valence-electron chi connectivity index (χ1n) is 16.4. The molecule has 13 heteroatoms. The van der Waals surface area contributed by atoms with E-state index in [1.165, 1.54) is 0 Å². The van der Waals surface area contributed by atoms with Crippen molar-refractivity contribution >= 4 is 33.9 Å². The van der Waals surface area contributed by atoms with Crippen LogP contribution < -0.4 is 11.2 Å². The fraction of sp³-hybridized carbons (Fsp3) is 0.371. The average molecular weight is 651 g/mol. The molecule has 0 spiro atoms. The van der Waals surface area contributed by atoms with E-state index in [-0.39, 0.29) is 18.4 Å². The number of fused-ring (bicyclic) bond motifs is 2. The third-order valence-electron chi connectivity index (χ3n) is 8.77. The van der Waals surface area contributed by atoms with Gasteiger partial charge in [0.1, 0.15) is 11.4 Å². The normalized spacial score (nSPS) is 12.6. The van der Waals surface area contributed by atoms with Crippen molar-refractivity contribution in [3.63, 3.8) is 0 Å². The molecule has 0 unspecified atom stereocenters. The molecule has 0 saturated carbocycles. The van der Waals surface area contributed by atoms with Crippen LogP contribution in [0.5, 0.6) is 0 Å². The number of carbonyl (C=O) groups excluding carboxylic acids is 2. The van der Waals surface area contributed by atoms with E-state index in [0.29, 0.717) is 48.8 Å². The van der Waals surface area contributed by atoms with Crippen molar-refractivity contribution in [1.82, 2.24) is 37.8 Å². The van der Waals surface area contributed by atoms with Gasteiger partial charge in [-0.1, -0.05) is 24.3 Å². The number of hydrogen-bond donors (Lipinski definition) is 1. The van der Waals surface area contributed by atoms with Crippen LogP contribution >= 0.6 is 0 Å². The fourth-order valence-corrected chi connectivity index (χ4v) is 6.51. The van der Waals surface area contributed by atoms with E-state index in [2.05, 4.69) is 24.7 Å². The molecule has 6 rings (SSSR count). The lowest BCUT2D eigenvalue weighted by molar-refractivity contribution is 0.0977. The maximum Gasteiger partial charge on any atom is 0.298 e. The zero-order valence-corrected chi connectivity index (χ0v) is 28.4. The molecule has 0 aliphatic rings. The molecule has 4 aromatic heterocycles. The highest BCUT2D eigenvalue weighted by atomic mass is 16.3. The van der Waals surface area contributed by atoms with Crippen LogP contribution in [-0.2, 0) is 46.9 Å². The van der Waals surface area contributed by atoms with Crippen molar-refractivity contribution in [3.05, 3.63) is 94.2 Å². The number of unbranched alkanes of at least 4 members (excludes halogenated alkanes) is 1. The molecule has 2 amide bonds. The zero-order valence-electron chi connectivity index (χ0n) is 28.4. The second-order valence-electron chi connectivity index (χ2n) is 12.0. The lowest BCUT2D eigenvalue weighted by atomic mass is 10.2. The molecule has 13 nitrogen and oxygen atoms in total. The van der Waals surface area contributed by atoms with E-state index in [1.807, 2.05) is 98.0 Å². The number of aryl methyl sites for hydroxylation is 8. The number of amides is 2.